The molecule has 5 N–H and O–H groups in total. The van der Waals surface area contributed by atoms with Gasteiger partial charge < -0.3 is 16.0 Å². The Bertz CT molecular complexity index is 1180. The van der Waals surface area contributed by atoms with E-state index in [2.05, 4.69) is 10.6 Å². The lowest BCUT2D eigenvalue weighted by Gasteiger charge is -2.10. The van der Waals surface area contributed by atoms with Crippen molar-refractivity contribution in [3.05, 3.63) is 57.9 Å². The summed E-state index contributed by atoms with van der Waals surface area (Å²) in [6.45, 7) is -0.735. The maximum atomic E-state index is 13.5. The van der Waals surface area contributed by atoms with Gasteiger partial charge in [0.1, 0.15) is 5.69 Å². The highest BCUT2D eigenvalue weighted by atomic mass is 32.2. The molecule has 2 aromatic carbocycles. The molecule has 0 fully saturated rings. The molecule has 0 aliphatic heterocycles. The highest BCUT2D eigenvalue weighted by Gasteiger charge is 2.19. The second-order valence-electron chi connectivity index (χ2n) is 6.21. The molecule has 0 bridgehead atoms. The number of amides is 2. The molecule has 0 aliphatic rings. The normalized spacial score (nSPS) is 11.0. The van der Waals surface area contributed by atoms with E-state index in [9.17, 15) is 41.3 Å². The molecule has 0 unspecified atom stereocenters. The Morgan fingerprint density at radius 2 is 1.69 bits per heavy atom. The molecule has 0 atom stereocenters. The SMILES string of the molecule is NS(=O)(=O)c1ccc(NCCC(=O)NCC(=O)Nc2ccc(F)c(F)c2F)c([N+](=O)[O-])c1. The lowest BCUT2D eigenvalue weighted by Crippen LogP contribution is -2.33. The van der Waals surface area contributed by atoms with Crippen molar-refractivity contribution in [3.63, 3.8) is 0 Å². The van der Waals surface area contributed by atoms with Gasteiger partial charge >= 0.3 is 0 Å². The zero-order chi connectivity index (χ0) is 24.1. The van der Waals surface area contributed by atoms with Crippen LogP contribution >= 0.6 is 0 Å². The molecular weight excluding hydrogens is 459 g/mol. The van der Waals surface area contributed by atoms with Crippen molar-refractivity contribution in [2.45, 2.75) is 11.3 Å². The van der Waals surface area contributed by atoms with E-state index < -0.39 is 67.0 Å². The van der Waals surface area contributed by atoms with Gasteiger partial charge in [0.05, 0.1) is 22.1 Å². The van der Waals surface area contributed by atoms with Crippen LogP contribution in [0.25, 0.3) is 0 Å². The fourth-order valence-corrected chi connectivity index (χ4v) is 2.92. The molecule has 0 saturated heterocycles. The Labute approximate surface area is 179 Å². The molecule has 0 aromatic heterocycles. The van der Waals surface area contributed by atoms with Gasteiger partial charge in [-0.1, -0.05) is 0 Å². The summed E-state index contributed by atoms with van der Waals surface area (Å²) in [4.78, 5) is 33.4. The zero-order valence-electron chi connectivity index (χ0n) is 16.0. The number of halogens is 3. The highest BCUT2D eigenvalue weighted by molar-refractivity contribution is 7.89. The van der Waals surface area contributed by atoms with Gasteiger partial charge in [0.25, 0.3) is 5.69 Å². The molecule has 2 amide bonds. The first kappa shape index (κ1) is 24.5. The molecule has 2 rings (SSSR count). The molecular formula is C17H16F3N5O6S. The summed E-state index contributed by atoms with van der Waals surface area (Å²) < 4.78 is 62.1. The number of sulfonamides is 1. The summed E-state index contributed by atoms with van der Waals surface area (Å²) in [6.07, 6.45) is -0.249. The van der Waals surface area contributed by atoms with Crippen LogP contribution in [0.4, 0.5) is 30.2 Å². The van der Waals surface area contributed by atoms with Gasteiger partial charge in [0.15, 0.2) is 17.5 Å². The standard InChI is InChI=1S/C17H16F3N5O6S/c18-10-2-4-12(17(20)16(10)19)24-15(27)8-23-14(26)5-6-22-11-3-1-9(32(21,30)31)7-13(11)25(28)29/h1-4,7,22H,5-6,8H2,(H,23,26)(H,24,27)(H2,21,30,31). The molecule has 32 heavy (non-hydrogen) atoms. The van der Waals surface area contributed by atoms with E-state index in [0.717, 1.165) is 24.3 Å². The van der Waals surface area contributed by atoms with Crippen molar-refractivity contribution in [1.29, 1.82) is 0 Å². The number of nitrogens with zero attached hydrogens (tertiary/aromatic N) is 1. The van der Waals surface area contributed by atoms with E-state index >= 15 is 0 Å². The molecule has 0 radical (unpaired) electrons. The number of benzene rings is 2. The quantitative estimate of drug-likeness (QED) is 0.240. The van der Waals surface area contributed by atoms with E-state index in [1.165, 1.54) is 0 Å². The molecule has 11 nitrogen and oxygen atoms in total. The summed E-state index contributed by atoms with van der Waals surface area (Å²) in [5.41, 5.74) is -1.26. The van der Waals surface area contributed by atoms with E-state index in [-0.39, 0.29) is 18.7 Å². The minimum absolute atomic E-state index is 0.0678. The lowest BCUT2D eigenvalue weighted by molar-refractivity contribution is -0.384. The fourth-order valence-electron chi connectivity index (χ4n) is 2.38. The van der Waals surface area contributed by atoms with Crippen molar-refractivity contribution >= 4 is 38.9 Å². The number of primary sulfonamides is 1. The highest BCUT2D eigenvalue weighted by Crippen LogP contribution is 2.27. The average Bonchev–Trinajstić information content (AvgIpc) is 2.72. The van der Waals surface area contributed by atoms with Crippen LogP contribution in [0.15, 0.2) is 35.2 Å². The monoisotopic (exact) mass is 475 g/mol. The number of rotatable bonds is 9. The van der Waals surface area contributed by atoms with Crippen molar-refractivity contribution in [2.24, 2.45) is 5.14 Å². The van der Waals surface area contributed by atoms with Crippen LogP contribution in [0.2, 0.25) is 0 Å². The van der Waals surface area contributed by atoms with E-state index in [1.54, 1.807) is 0 Å². The smallest absolute Gasteiger partial charge is 0.293 e. The third kappa shape index (κ3) is 6.39. The molecule has 0 saturated carbocycles. The minimum Gasteiger partial charge on any atom is -0.379 e. The van der Waals surface area contributed by atoms with Crippen molar-refractivity contribution in [1.82, 2.24) is 5.32 Å². The molecule has 0 aliphatic carbocycles. The Kier molecular flexibility index (Phi) is 7.72. The third-order valence-corrected chi connectivity index (χ3v) is 4.83. The number of nitrogens with one attached hydrogen (secondary N) is 3. The van der Waals surface area contributed by atoms with Gasteiger partial charge in [0, 0.05) is 19.0 Å². The Balaban J connectivity index is 1.87. The summed E-state index contributed by atoms with van der Waals surface area (Å²) in [5.74, 6) is -6.36. The van der Waals surface area contributed by atoms with E-state index in [4.69, 9.17) is 5.14 Å². The van der Waals surface area contributed by atoms with Gasteiger partial charge in [-0.3, -0.25) is 19.7 Å². The van der Waals surface area contributed by atoms with Crippen LogP contribution in [0.1, 0.15) is 6.42 Å². The number of nitrogens with two attached hydrogens (primary N) is 1. The van der Waals surface area contributed by atoms with Crippen LogP contribution in [0.5, 0.6) is 0 Å². The predicted molar refractivity (Wildman–Crippen MR) is 106 cm³/mol. The Morgan fingerprint density at radius 3 is 2.31 bits per heavy atom. The first-order valence-corrected chi connectivity index (χ1v) is 10.2. The van der Waals surface area contributed by atoms with Gasteiger partial charge in [-0.25, -0.2) is 26.7 Å². The maximum Gasteiger partial charge on any atom is 0.293 e. The summed E-state index contributed by atoms with van der Waals surface area (Å²) in [6, 6.07) is 4.35. The summed E-state index contributed by atoms with van der Waals surface area (Å²) in [5, 5.41) is 22.8. The van der Waals surface area contributed by atoms with Crippen LogP contribution in [-0.2, 0) is 19.6 Å². The number of hydrogen-bond acceptors (Lipinski definition) is 7. The fraction of sp³-hybridized carbons (Fsp3) is 0.176. The molecule has 15 heteroatoms. The van der Waals surface area contributed by atoms with E-state index in [1.807, 2.05) is 5.32 Å². The van der Waals surface area contributed by atoms with Crippen molar-refractivity contribution in [3.8, 4) is 0 Å². The number of carbonyl (C=O) groups excluding carboxylic acids is 2. The van der Waals surface area contributed by atoms with Crippen LogP contribution in [0.3, 0.4) is 0 Å². The van der Waals surface area contributed by atoms with Crippen LogP contribution in [0, 0.1) is 27.6 Å². The number of nitro benzene ring substituents is 1. The van der Waals surface area contributed by atoms with Gasteiger partial charge in [-0.05, 0) is 24.3 Å². The van der Waals surface area contributed by atoms with Crippen LogP contribution < -0.4 is 21.1 Å². The van der Waals surface area contributed by atoms with Crippen molar-refractivity contribution < 1.29 is 36.1 Å². The largest absolute Gasteiger partial charge is 0.379 e. The Hall–Kier alpha value is -3.72. The first-order valence-electron chi connectivity index (χ1n) is 8.65. The second kappa shape index (κ2) is 10.1. The number of carbonyl (C=O) groups is 2. The summed E-state index contributed by atoms with van der Waals surface area (Å²) in [7, 11) is -4.15. The number of anilines is 2. The first-order chi connectivity index (χ1) is 14.9. The summed E-state index contributed by atoms with van der Waals surface area (Å²) >= 11 is 0. The second-order valence-corrected chi connectivity index (χ2v) is 7.77. The predicted octanol–water partition coefficient (Wildman–Crippen LogP) is 1.22. The third-order valence-electron chi connectivity index (χ3n) is 3.92. The minimum atomic E-state index is -4.15. The maximum absolute atomic E-state index is 13.5. The average molecular weight is 475 g/mol. The lowest BCUT2D eigenvalue weighted by atomic mass is 10.2. The van der Waals surface area contributed by atoms with Crippen LogP contribution in [-0.4, -0.2) is 38.2 Å². The topological polar surface area (TPSA) is 174 Å². The molecule has 172 valence electrons. The molecule has 0 spiro atoms. The molecule has 0 heterocycles. The van der Waals surface area contributed by atoms with Gasteiger partial charge in [-0.15, -0.1) is 0 Å². The number of nitro groups is 1. The van der Waals surface area contributed by atoms with Gasteiger partial charge in [0.2, 0.25) is 21.8 Å². The number of hydrogen-bond donors (Lipinski definition) is 4. The molecule has 2 aromatic rings. The van der Waals surface area contributed by atoms with Gasteiger partial charge in [-0.2, -0.15) is 0 Å². The Morgan fingerprint density at radius 1 is 1.03 bits per heavy atom. The van der Waals surface area contributed by atoms with E-state index in [0.29, 0.717) is 6.07 Å². The van der Waals surface area contributed by atoms with Crippen molar-refractivity contribution in [2.75, 3.05) is 23.7 Å². The zero-order valence-corrected chi connectivity index (χ0v) is 16.8.